The Kier molecular flexibility index (Phi) is 4.56. The average molecular weight is 264 g/mol. The molecule has 1 aromatic rings. The number of amides is 1. The zero-order chi connectivity index (χ0) is 13.7. The molecule has 2 N–H and O–H groups in total. The van der Waals surface area contributed by atoms with Crippen LogP contribution < -0.4 is 5.32 Å². The van der Waals surface area contributed by atoms with Gasteiger partial charge >= 0.3 is 0 Å². The van der Waals surface area contributed by atoms with E-state index >= 15 is 0 Å². The van der Waals surface area contributed by atoms with Gasteiger partial charge < -0.3 is 5.32 Å². The number of aromatic nitrogens is 3. The fraction of sp³-hybridized carbons (Fsp3) is 0.786. The Morgan fingerprint density at radius 1 is 1.37 bits per heavy atom. The summed E-state index contributed by atoms with van der Waals surface area (Å²) >= 11 is 0. The summed E-state index contributed by atoms with van der Waals surface area (Å²) in [5, 5.41) is 9.77. The van der Waals surface area contributed by atoms with E-state index in [9.17, 15) is 4.79 Å². The molecule has 5 heteroatoms. The van der Waals surface area contributed by atoms with Crippen molar-refractivity contribution in [1.29, 1.82) is 0 Å². The molecule has 0 saturated heterocycles. The molecule has 1 aliphatic carbocycles. The molecule has 0 unspecified atom stereocenters. The van der Waals surface area contributed by atoms with E-state index in [0.717, 1.165) is 25.2 Å². The fourth-order valence-corrected chi connectivity index (χ4v) is 2.70. The first kappa shape index (κ1) is 14.0. The molecule has 106 valence electrons. The van der Waals surface area contributed by atoms with Gasteiger partial charge in [0, 0.05) is 13.0 Å². The second-order valence-corrected chi connectivity index (χ2v) is 5.91. The predicted molar refractivity (Wildman–Crippen MR) is 73.9 cm³/mol. The van der Waals surface area contributed by atoms with Crippen molar-refractivity contribution in [2.24, 2.45) is 5.41 Å². The predicted octanol–water partition coefficient (Wildman–Crippen LogP) is 2.46. The van der Waals surface area contributed by atoms with E-state index in [1.54, 1.807) is 0 Å². The Morgan fingerprint density at radius 3 is 2.79 bits per heavy atom. The molecule has 1 amide bonds. The third kappa shape index (κ3) is 3.78. The van der Waals surface area contributed by atoms with Gasteiger partial charge in [0.05, 0.1) is 0 Å². The number of rotatable bonds is 5. The Labute approximate surface area is 114 Å². The molecular formula is C14H24N4O. The molecule has 0 aliphatic heterocycles. The van der Waals surface area contributed by atoms with Gasteiger partial charge in [0.2, 0.25) is 5.82 Å². The topological polar surface area (TPSA) is 70.7 Å². The summed E-state index contributed by atoms with van der Waals surface area (Å²) in [6.45, 7) is 5.06. The van der Waals surface area contributed by atoms with Gasteiger partial charge in [-0.2, -0.15) is 0 Å². The second kappa shape index (κ2) is 6.17. The van der Waals surface area contributed by atoms with Crippen molar-refractivity contribution in [2.45, 2.75) is 58.8 Å². The Hall–Kier alpha value is -1.39. The minimum atomic E-state index is -0.162. The monoisotopic (exact) mass is 264 g/mol. The first-order valence-electron chi connectivity index (χ1n) is 7.32. The summed E-state index contributed by atoms with van der Waals surface area (Å²) in [5.74, 6) is 0.893. The summed E-state index contributed by atoms with van der Waals surface area (Å²) in [6.07, 6.45) is 8.09. The highest BCUT2D eigenvalue weighted by Gasteiger charge is 2.27. The molecular weight excluding hydrogens is 240 g/mol. The zero-order valence-electron chi connectivity index (χ0n) is 12.0. The van der Waals surface area contributed by atoms with Crippen molar-refractivity contribution in [3.63, 3.8) is 0 Å². The van der Waals surface area contributed by atoms with Crippen LogP contribution >= 0.6 is 0 Å². The lowest BCUT2D eigenvalue weighted by molar-refractivity contribution is 0.0909. The normalized spacial score (nSPS) is 18.2. The van der Waals surface area contributed by atoms with Crippen LogP contribution in [-0.4, -0.2) is 27.6 Å². The Morgan fingerprint density at radius 2 is 2.11 bits per heavy atom. The zero-order valence-corrected chi connectivity index (χ0v) is 12.0. The van der Waals surface area contributed by atoms with Crippen LogP contribution in [0.1, 0.15) is 68.8 Å². The van der Waals surface area contributed by atoms with Crippen LogP contribution in [-0.2, 0) is 6.42 Å². The molecule has 0 radical (unpaired) electrons. The molecule has 0 bridgehead atoms. The molecule has 1 fully saturated rings. The second-order valence-electron chi connectivity index (χ2n) is 5.91. The van der Waals surface area contributed by atoms with Crippen molar-refractivity contribution in [3.05, 3.63) is 11.6 Å². The van der Waals surface area contributed by atoms with Gasteiger partial charge in [0.25, 0.3) is 5.91 Å². The molecule has 1 heterocycles. The molecule has 2 rings (SSSR count). The summed E-state index contributed by atoms with van der Waals surface area (Å²) < 4.78 is 0. The van der Waals surface area contributed by atoms with Gasteiger partial charge in [0.1, 0.15) is 5.82 Å². The average Bonchev–Trinajstić information content (AvgIpc) is 2.86. The van der Waals surface area contributed by atoms with Gasteiger partial charge in [0.15, 0.2) is 0 Å². The molecule has 0 spiro atoms. The quantitative estimate of drug-likeness (QED) is 0.858. The third-order valence-electron chi connectivity index (χ3n) is 3.96. The van der Waals surface area contributed by atoms with Crippen molar-refractivity contribution in [2.75, 3.05) is 6.54 Å². The minimum absolute atomic E-state index is 0.162. The number of aromatic amines is 1. The van der Waals surface area contributed by atoms with E-state index in [4.69, 9.17) is 0 Å². The van der Waals surface area contributed by atoms with Crippen molar-refractivity contribution >= 4 is 5.91 Å². The smallest absolute Gasteiger partial charge is 0.290 e. The van der Waals surface area contributed by atoms with Gasteiger partial charge in [-0.15, -0.1) is 5.10 Å². The lowest BCUT2D eigenvalue weighted by Crippen LogP contribution is -2.37. The van der Waals surface area contributed by atoms with Crippen LogP contribution in [0.5, 0.6) is 0 Å². The van der Waals surface area contributed by atoms with Crippen molar-refractivity contribution in [3.8, 4) is 0 Å². The fourth-order valence-electron chi connectivity index (χ4n) is 2.70. The lowest BCUT2D eigenvalue weighted by atomic mass is 9.76. The highest BCUT2D eigenvalue weighted by molar-refractivity contribution is 5.90. The summed E-state index contributed by atoms with van der Waals surface area (Å²) in [4.78, 5) is 16.2. The van der Waals surface area contributed by atoms with E-state index in [0.29, 0.717) is 0 Å². The van der Waals surface area contributed by atoms with Crippen LogP contribution in [0.3, 0.4) is 0 Å². The molecule has 0 aromatic carbocycles. The van der Waals surface area contributed by atoms with Crippen molar-refractivity contribution in [1.82, 2.24) is 20.5 Å². The number of H-pyrrole nitrogens is 1. The number of carbonyl (C=O) groups is 1. The maximum atomic E-state index is 12.0. The standard InChI is InChI=1S/C14H24N4O/c1-3-7-11-16-12(18-17-11)13(19)15-10-14(2)8-5-4-6-9-14/h3-10H2,1-2H3,(H,15,19)(H,16,17,18). The Balaban J connectivity index is 1.86. The van der Waals surface area contributed by atoms with Crippen LogP contribution in [0.2, 0.25) is 0 Å². The van der Waals surface area contributed by atoms with Crippen LogP contribution in [0.25, 0.3) is 0 Å². The van der Waals surface area contributed by atoms with E-state index in [1.807, 2.05) is 0 Å². The van der Waals surface area contributed by atoms with Gasteiger partial charge in [-0.25, -0.2) is 4.98 Å². The van der Waals surface area contributed by atoms with Crippen molar-refractivity contribution < 1.29 is 4.79 Å². The number of carbonyl (C=O) groups excluding carboxylic acids is 1. The van der Waals surface area contributed by atoms with Crippen LogP contribution in [0, 0.1) is 5.41 Å². The van der Waals surface area contributed by atoms with Crippen LogP contribution in [0.4, 0.5) is 0 Å². The minimum Gasteiger partial charge on any atom is -0.349 e. The summed E-state index contributed by atoms with van der Waals surface area (Å²) in [5.41, 5.74) is 0.246. The maximum absolute atomic E-state index is 12.0. The number of nitrogens with zero attached hydrogens (tertiary/aromatic N) is 2. The van der Waals surface area contributed by atoms with E-state index in [1.165, 1.54) is 32.1 Å². The SMILES string of the molecule is CCCc1nc(C(=O)NCC2(C)CCCCC2)n[nH]1. The molecule has 1 aliphatic rings. The largest absolute Gasteiger partial charge is 0.349 e. The lowest BCUT2D eigenvalue weighted by Gasteiger charge is -2.33. The molecule has 5 nitrogen and oxygen atoms in total. The van der Waals surface area contributed by atoms with Gasteiger partial charge in [-0.05, 0) is 24.7 Å². The first-order valence-corrected chi connectivity index (χ1v) is 7.32. The molecule has 1 saturated carbocycles. The molecule has 0 atom stereocenters. The van der Waals surface area contributed by atoms with Crippen LogP contribution in [0.15, 0.2) is 0 Å². The van der Waals surface area contributed by atoms with E-state index in [2.05, 4.69) is 34.3 Å². The van der Waals surface area contributed by atoms with E-state index < -0.39 is 0 Å². The number of hydrogen-bond donors (Lipinski definition) is 2. The highest BCUT2D eigenvalue weighted by Crippen LogP contribution is 2.34. The maximum Gasteiger partial charge on any atom is 0.290 e. The molecule has 19 heavy (non-hydrogen) atoms. The highest BCUT2D eigenvalue weighted by atomic mass is 16.2. The number of aryl methyl sites for hydroxylation is 1. The third-order valence-corrected chi connectivity index (χ3v) is 3.96. The molecule has 1 aromatic heterocycles. The van der Waals surface area contributed by atoms with Gasteiger partial charge in [-0.3, -0.25) is 9.89 Å². The summed E-state index contributed by atoms with van der Waals surface area (Å²) in [6, 6.07) is 0. The number of nitrogens with one attached hydrogen (secondary N) is 2. The van der Waals surface area contributed by atoms with E-state index in [-0.39, 0.29) is 17.1 Å². The van der Waals surface area contributed by atoms with Gasteiger partial charge in [-0.1, -0.05) is 33.1 Å². The first-order chi connectivity index (χ1) is 9.13. The Bertz CT molecular complexity index is 421. The number of hydrogen-bond acceptors (Lipinski definition) is 3. The summed E-state index contributed by atoms with van der Waals surface area (Å²) in [7, 11) is 0.